The van der Waals surface area contributed by atoms with Gasteiger partial charge in [-0.25, -0.2) is 0 Å². The molecule has 1 rings (SSSR count). The number of anilines is 1. The van der Waals surface area contributed by atoms with Gasteiger partial charge in [-0.2, -0.15) is 0 Å². The van der Waals surface area contributed by atoms with Crippen molar-refractivity contribution in [2.24, 2.45) is 0 Å². The van der Waals surface area contributed by atoms with Gasteiger partial charge in [-0.3, -0.25) is 4.79 Å². The molecule has 4 nitrogen and oxygen atoms in total. The van der Waals surface area contributed by atoms with E-state index in [0.29, 0.717) is 23.5 Å². The van der Waals surface area contributed by atoms with Crippen molar-refractivity contribution >= 4 is 11.6 Å². The van der Waals surface area contributed by atoms with Crippen molar-refractivity contribution < 1.29 is 9.53 Å². The number of carbonyl (C=O) groups excluding carboxylic acids is 1. The molecule has 0 aliphatic rings. The van der Waals surface area contributed by atoms with Crippen LogP contribution in [0, 0.1) is 0 Å². The summed E-state index contributed by atoms with van der Waals surface area (Å²) in [5, 5.41) is 2.66. The second kappa shape index (κ2) is 5.05. The molecule has 0 fully saturated rings. The Hall–Kier alpha value is -1.97. The molecule has 15 heavy (non-hydrogen) atoms. The second-order valence-electron chi connectivity index (χ2n) is 2.96. The summed E-state index contributed by atoms with van der Waals surface area (Å²) >= 11 is 0. The molecular weight excluding hydrogens is 192 g/mol. The van der Waals surface area contributed by atoms with Gasteiger partial charge in [-0.1, -0.05) is 6.08 Å². The highest BCUT2D eigenvalue weighted by atomic mass is 16.5. The summed E-state index contributed by atoms with van der Waals surface area (Å²) in [6.45, 7) is 3.93. The fraction of sp³-hybridized carbons (Fsp3) is 0.182. The average molecular weight is 206 g/mol. The number of hydrogen-bond acceptors (Lipinski definition) is 3. The smallest absolute Gasteiger partial charge is 0.255 e. The van der Waals surface area contributed by atoms with Gasteiger partial charge in [0.2, 0.25) is 0 Å². The Labute approximate surface area is 88.7 Å². The van der Waals surface area contributed by atoms with Gasteiger partial charge in [0.25, 0.3) is 5.91 Å². The van der Waals surface area contributed by atoms with Gasteiger partial charge < -0.3 is 15.8 Å². The fourth-order valence-corrected chi connectivity index (χ4v) is 1.16. The molecule has 0 aromatic heterocycles. The molecule has 0 unspecified atom stereocenters. The van der Waals surface area contributed by atoms with Crippen LogP contribution in [0.25, 0.3) is 0 Å². The van der Waals surface area contributed by atoms with Crippen LogP contribution in [0.4, 0.5) is 5.69 Å². The Morgan fingerprint density at radius 1 is 1.67 bits per heavy atom. The molecule has 1 aromatic carbocycles. The van der Waals surface area contributed by atoms with E-state index in [2.05, 4.69) is 11.9 Å². The van der Waals surface area contributed by atoms with Crippen molar-refractivity contribution in [3.8, 4) is 5.75 Å². The third-order valence-electron chi connectivity index (χ3n) is 1.88. The van der Waals surface area contributed by atoms with Crippen molar-refractivity contribution in [1.29, 1.82) is 0 Å². The van der Waals surface area contributed by atoms with Crippen LogP contribution in [0.2, 0.25) is 0 Å². The first-order valence-corrected chi connectivity index (χ1v) is 4.51. The highest BCUT2D eigenvalue weighted by molar-refractivity contribution is 5.97. The molecule has 4 heteroatoms. The molecule has 0 heterocycles. The lowest BCUT2D eigenvalue weighted by molar-refractivity contribution is 0.0955. The quantitative estimate of drug-likeness (QED) is 0.574. The van der Waals surface area contributed by atoms with Crippen LogP contribution < -0.4 is 15.8 Å². The van der Waals surface area contributed by atoms with Gasteiger partial charge in [0.15, 0.2) is 0 Å². The topological polar surface area (TPSA) is 64.4 Å². The Kier molecular flexibility index (Phi) is 3.74. The Morgan fingerprint density at radius 3 is 3.00 bits per heavy atom. The summed E-state index contributed by atoms with van der Waals surface area (Å²) in [6.07, 6.45) is 1.61. The molecule has 0 spiro atoms. The lowest BCUT2D eigenvalue weighted by atomic mass is 10.1. The second-order valence-corrected chi connectivity index (χ2v) is 2.96. The zero-order valence-electron chi connectivity index (χ0n) is 8.62. The van der Waals surface area contributed by atoms with Crippen LogP contribution in [-0.2, 0) is 0 Å². The minimum Gasteiger partial charge on any atom is -0.496 e. The molecule has 1 aromatic rings. The van der Waals surface area contributed by atoms with E-state index >= 15 is 0 Å². The Bertz CT molecular complexity index is 375. The summed E-state index contributed by atoms with van der Waals surface area (Å²) < 4.78 is 5.06. The Balaban J connectivity index is 2.94. The van der Waals surface area contributed by atoms with E-state index in [1.54, 1.807) is 24.3 Å². The van der Waals surface area contributed by atoms with E-state index in [0.717, 1.165) is 0 Å². The van der Waals surface area contributed by atoms with Gasteiger partial charge in [-0.05, 0) is 18.2 Å². The van der Waals surface area contributed by atoms with E-state index in [1.165, 1.54) is 7.11 Å². The lowest BCUT2D eigenvalue weighted by Crippen LogP contribution is -2.23. The van der Waals surface area contributed by atoms with Crippen LogP contribution in [0.1, 0.15) is 10.4 Å². The van der Waals surface area contributed by atoms with Crippen LogP contribution in [0.3, 0.4) is 0 Å². The molecule has 0 saturated carbocycles. The predicted octanol–water partition coefficient (Wildman–Crippen LogP) is 1.19. The molecular formula is C11H14N2O2. The number of benzene rings is 1. The van der Waals surface area contributed by atoms with Crippen molar-refractivity contribution in [2.45, 2.75) is 0 Å². The summed E-state index contributed by atoms with van der Waals surface area (Å²) in [5.74, 6) is 0.282. The number of hydrogen-bond donors (Lipinski definition) is 2. The number of methoxy groups -OCH3 is 1. The number of amides is 1. The summed E-state index contributed by atoms with van der Waals surface area (Å²) in [4.78, 5) is 11.6. The number of ether oxygens (including phenoxy) is 1. The summed E-state index contributed by atoms with van der Waals surface area (Å²) in [6, 6.07) is 4.93. The molecule has 0 saturated heterocycles. The molecule has 0 radical (unpaired) electrons. The maximum atomic E-state index is 11.6. The maximum Gasteiger partial charge on any atom is 0.255 e. The first-order valence-electron chi connectivity index (χ1n) is 4.51. The molecule has 80 valence electrons. The third kappa shape index (κ3) is 2.74. The monoisotopic (exact) mass is 206 g/mol. The van der Waals surface area contributed by atoms with Crippen molar-refractivity contribution in [3.05, 3.63) is 36.4 Å². The zero-order valence-corrected chi connectivity index (χ0v) is 8.62. The van der Waals surface area contributed by atoms with Gasteiger partial charge >= 0.3 is 0 Å². The first kappa shape index (κ1) is 11.1. The lowest BCUT2D eigenvalue weighted by Gasteiger charge is -2.08. The zero-order chi connectivity index (χ0) is 11.3. The number of nitrogens with two attached hydrogens (primary N) is 1. The van der Waals surface area contributed by atoms with E-state index in [1.807, 2.05) is 0 Å². The third-order valence-corrected chi connectivity index (χ3v) is 1.88. The SMILES string of the molecule is C=CCNC(=O)c1cc(N)ccc1OC. The van der Waals surface area contributed by atoms with Crippen molar-refractivity contribution in [3.63, 3.8) is 0 Å². The number of carbonyl (C=O) groups is 1. The molecule has 3 N–H and O–H groups in total. The number of rotatable bonds is 4. The van der Waals surface area contributed by atoms with Crippen LogP contribution in [0.15, 0.2) is 30.9 Å². The summed E-state index contributed by atoms with van der Waals surface area (Å²) in [5.41, 5.74) is 6.55. The van der Waals surface area contributed by atoms with Gasteiger partial charge in [0.1, 0.15) is 5.75 Å². The normalized spacial score (nSPS) is 9.40. The highest BCUT2D eigenvalue weighted by Gasteiger charge is 2.11. The average Bonchev–Trinajstić information content (AvgIpc) is 2.25. The maximum absolute atomic E-state index is 11.6. The largest absolute Gasteiger partial charge is 0.496 e. The molecule has 1 amide bonds. The van der Waals surface area contributed by atoms with E-state index < -0.39 is 0 Å². The van der Waals surface area contributed by atoms with Gasteiger partial charge in [0, 0.05) is 12.2 Å². The van der Waals surface area contributed by atoms with Gasteiger partial charge in [0.05, 0.1) is 12.7 Å². The fourth-order valence-electron chi connectivity index (χ4n) is 1.16. The van der Waals surface area contributed by atoms with Crippen molar-refractivity contribution in [1.82, 2.24) is 5.32 Å². The predicted molar refractivity (Wildman–Crippen MR) is 59.9 cm³/mol. The van der Waals surface area contributed by atoms with Crippen LogP contribution in [-0.4, -0.2) is 19.6 Å². The number of nitrogen functional groups attached to an aromatic ring is 1. The molecule has 0 bridgehead atoms. The minimum atomic E-state index is -0.223. The summed E-state index contributed by atoms with van der Waals surface area (Å²) in [7, 11) is 1.51. The van der Waals surface area contributed by atoms with Crippen LogP contribution in [0.5, 0.6) is 5.75 Å². The van der Waals surface area contributed by atoms with Crippen molar-refractivity contribution in [2.75, 3.05) is 19.4 Å². The molecule has 0 atom stereocenters. The molecule has 0 aliphatic heterocycles. The van der Waals surface area contributed by atoms with E-state index in [9.17, 15) is 4.79 Å². The Morgan fingerprint density at radius 2 is 2.40 bits per heavy atom. The van der Waals surface area contributed by atoms with Gasteiger partial charge in [-0.15, -0.1) is 6.58 Å². The van der Waals surface area contributed by atoms with Crippen LogP contribution >= 0.6 is 0 Å². The minimum absolute atomic E-state index is 0.223. The number of nitrogens with one attached hydrogen (secondary N) is 1. The first-order chi connectivity index (χ1) is 7.19. The molecule has 0 aliphatic carbocycles. The van der Waals surface area contributed by atoms with E-state index in [-0.39, 0.29) is 5.91 Å². The van der Waals surface area contributed by atoms with E-state index in [4.69, 9.17) is 10.5 Å². The highest BCUT2D eigenvalue weighted by Crippen LogP contribution is 2.20. The standard InChI is InChI=1S/C11H14N2O2/c1-3-6-13-11(14)9-7-8(12)4-5-10(9)15-2/h3-5,7H,1,6,12H2,2H3,(H,13,14).